The molecule has 0 aliphatic carbocycles. The maximum Gasteiger partial charge on any atom is 0.348 e. The van der Waals surface area contributed by atoms with Crippen molar-refractivity contribution in [3.8, 4) is 5.75 Å². The topological polar surface area (TPSA) is 83.8 Å². The number of ether oxygens (including phenoxy) is 1. The maximum absolute atomic E-state index is 11.8. The molecule has 2 N–H and O–H groups in total. The largest absolute Gasteiger partial charge is 0.481 e. The summed E-state index contributed by atoms with van der Waals surface area (Å²) in [6.45, 7) is 7.17. The molecule has 0 saturated carbocycles. The molecule has 0 saturated heterocycles. The van der Waals surface area contributed by atoms with E-state index >= 15 is 0 Å². The van der Waals surface area contributed by atoms with Crippen LogP contribution in [0.1, 0.15) is 51.8 Å². The van der Waals surface area contributed by atoms with Gasteiger partial charge in [-0.3, -0.25) is 4.79 Å². The zero-order chi connectivity index (χ0) is 15.3. The third-order valence-corrected chi connectivity index (χ3v) is 3.43. The Bertz CT molecular complexity index is 593. The van der Waals surface area contributed by atoms with Gasteiger partial charge in [-0.2, -0.15) is 0 Å². The molecule has 0 amide bonds. The van der Waals surface area contributed by atoms with Crippen molar-refractivity contribution >= 4 is 11.9 Å². The highest BCUT2D eigenvalue weighted by molar-refractivity contribution is 5.89. The third-order valence-electron chi connectivity index (χ3n) is 3.43. The van der Waals surface area contributed by atoms with Gasteiger partial charge in [0.25, 0.3) is 0 Å². The Morgan fingerprint density at radius 2 is 1.90 bits per heavy atom. The van der Waals surface area contributed by atoms with E-state index in [-0.39, 0.29) is 19.3 Å². The third kappa shape index (κ3) is 2.93. The average molecular weight is 294 g/mol. The molecule has 1 aromatic carbocycles. The quantitative estimate of drug-likeness (QED) is 0.646. The minimum Gasteiger partial charge on any atom is -0.481 e. The SMILES string of the molecule is C.CC(C)(C)c1cc(CC(=O)O)cc2c1OC(=O)C2(C)O. The van der Waals surface area contributed by atoms with Crippen LogP contribution in [-0.2, 0) is 27.0 Å². The van der Waals surface area contributed by atoms with Gasteiger partial charge in [0.2, 0.25) is 0 Å². The lowest BCUT2D eigenvalue weighted by molar-refractivity contribution is -0.150. The van der Waals surface area contributed by atoms with Crippen LogP contribution >= 0.6 is 0 Å². The van der Waals surface area contributed by atoms with E-state index in [1.54, 1.807) is 6.07 Å². The Balaban J connectivity index is 0.00000220. The smallest absolute Gasteiger partial charge is 0.348 e. The van der Waals surface area contributed by atoms with Crippen molar-refractivity contribution < 1.29 is 24.5 Å². The van der Waals surface area contributed by atoms with E-state index in [1.165, 1.54) is 13.0 Å². The lowest BCUT2D eigenvalue weighted by Gasteiger charge is -2.23. The first kappa shape index (κ1) is 17.2. The van der Waals surface area contributed by atoms with Gasteiger partial charge in [0.1, 0.15) is 5.75 Å². The first-order valence-corrected chi connectivity index (χ1v) is 6.38. The summed E-state index contributed by atoms with van der Waals surface area (Å²) in [5.41, 5.74) is -0.466. The fourth-order valence-corrected chi connectivity index (χ4v) is 2.30. The van der Waals surface area contributed by atoms with E-state index in [0.29, 0.717) is 16.9 Å². The van der Waals surface area contributed by atoms with Crippen LogP contribution in [0.3, 0.4) is 0 Å². The Labute approximate surface area is 124 Å². The van der Waals surface area contributed by atoms with Crippen molar-refractivity contribution in [2.24, 2.45) is 0 Å². The lowest BCUT2D eigenvalue weighted by atomic mass is 9.82. The molecule has 0 bridgehead atoms. The van der Waals surface area contributed by atoms with Gasteiger partial charge in [0.05, 0.1) is 6.42 Å². The van der Waals surface area contributed by atoms with Gasteiger partial charge in [0, 0.05) is 11.1 Å². The normalized spacial score (nSPS) is 20.5. The number of carbonyl (C=O) groups excluding carboxylic acids is 1. The van der Waals surface area contributed by atoms with Gasteiger partial charge >= 0.3 is 11.9 Å². The van der Waals surface area contributed by atoms with Crippen LogP contribution in [0.15, 0.2) is 12.1 Å². The predicted molar refractivity (Wildman–Crippen MR) is 78.4 cm³/mol. The summed E-state index contributed by atoms with van der Waals surface area (Å²) >= 11 is 0. The number of aliphatic carboxylic acids is 1. The number of hydrogen-bond donors (Lipinski definition) is 2. The van der Waals surface area contributed by atoms with E-state index in [2.05, 4.69) is 0 Å². The fourth-order valence-electron chi connectivity index (χ4n) is 2.30. The highest BCUT2D eigenvalue weighted by atomic mass is 16.6. The fraction of sp³-hybridized carbons (Fsp3) is 0.500. The Hall–Kier alpha value is -1.88. The molecule has 1 atom stereocenters. The number of carbonyl (C=O) groups is 2. The molecule has 1 aliphatic heterocycles. The number of carboxylic acid groups (broad SMARTS) is 1. The monoisotopic (exact) mass is 294 g/mol. The van der Waals surface area contributed by atoms with Crippen molar-refractivity contribution in [1.29, 1.82) is 0 Å². The molecule has 0 aromatic heterocycles. The summed E-state index contributed by atoms with van der Waals surface area (Å²) in [5, 5.41) is 19.2. The van der Waals surface area contributed by atoms with Crippen LogP contribution in [0.4, 0.5) is 0 Å². The van der Waals surface area contributed by atoms with Gasteiger partial charge in [0.15, 0.2) is 5.60 Å². The van der Waals surface area contributed by atoms with Gasteiger partial charge < -0.3 is 14.9 Å². The van der Waals surface area contributed by atoms with Crippen molar-refractivity contribution in [2.75, 3.05) is 0 Å². The summed E-state index contributed by atoms with van der Waals surface area (Å²) in [4.78, 5) is 22.7. The minimum atomic E-state index is -1.73. The molecule has 0 fully saturated rings. The molecule has 21 heavy (non-hydrogen) atoms. The summed E-state index contributed by atoms with van der Waals surface area (Å²) in [7, 11) is 0. The summed E-state index contributed by atoms with van der Waals surface area (Å²) < 4.78 is 5.20. The van der Waals surface area contributed by atoms with Crippen molar-refractivity contribution in [1.82, 2.24) is 0 Å². The van der Waals surface area contributed by atoms with Crippen molar-refractivity contribution in [3.05, 3.63) is 28.8 Å². The first-order valence-electron chi connectivity index (χ1n) is 6.38. The molecule has 116 valence electrons. The Kier molecular flexibility index (Phi) is 4.21. The van der Waals surface area contributed by atoms with Crippen LogP contribution in [0.2, 0.25) is 0 Å². The van der Waals surface area contributed by atoms with E-state index < -0.39 is 17.5 Å². The van der Waals surface area contributed by atoms with E-state index in [4.69, 9.17) is 9.84 Å². The number of aliphatic hydroxyl groups is 1. The molecule has 0 spiro atoms. The van der Waals surface area contributed by atoms with Gasteiger partial charge in [-0.05, 0) is 24.0 Å². The summed E-state index contributed by atoms with van der Waals surface area (Å²) in [6, 6.07) is 3.26. The van der Waals surface area contributed by atoms with Gasteiger partial charge in [-0.15, -0.1) is 0 Å². The van der Waals surface area contributed by atoms with E-state index in [0.717, 1.165) is 5.56 Å². The zero-order valence-corrected chi connectivity index (χ0v) is 12.0. The number of hydrogen-bond acceptors (Lipinski definition) is 4. The number of fused-ring (bicyclic) bond motifs is 1. The highest BCUT2D eigenvalue weighted by Gasteiger charge is 2.46. The number of rotatable bonds is 2. The molecule has 5 nitrogen and oxygen atoms in total. The molecule has 1 heterocycles. The number of benzene rings is 1. The molecule has 1 aliphatic rings. The second-order valence-corrected chi connectivity index (χ2v) is 6.30. The van der Waals surface area contributed by atoms with Gasteiger partial charge in [-0.25, -0.2) is 4.79 Å². The first-order chi connectivity index (χ1) is 9.03. The number of carboxylic acids is 1. The minimum absolute atomic E-state index is 0. The second-order valence-electron chi connectivity index (χ2n) is 6.30. The van der Waals surface area contributed by atoms with Crippen LogP contribution in [-0.4, -0.2) is 22.2 Å². The summed E-state index contributed by atoms with van der Waals surface area (Å²) in [6.07, 6.45) is -0.166. The molecule has 2 rings (SSSR count). The highest BCUT2D eigenvalue weighted by Crippen LogP contribution is 2.45. The Morgan fingerprint density at radius 1 is 1.33 bits per heavy atom. The van der Waals surface area contributed by atoms with E-state index in [1.807, 2.05) is 20.8 Å². The summed E-state index contributed by atoms with van der Waals surface area (Å²) in [5.74, 6) is -1.35. The number of esters is 1. The molecular weight excluding hydrogens is 272 g/mol. The molecular formula is C16H22O5. The van der Waals surface area contributed by atoms with Crippen LogP contribution in [0.25, 0.3) is 0 Å². The molecule has 1 unspecified atom stereocenters. The van der Waals surface area contributed by atoms with E-state index in [9.17, 15) is 14.7 Å². The van der Waals surface area contributed by atoms with Crippen molar-refractivity contribution in [2.45, 2.75) is 52.6 Å². The van der Waals surface area contributed by atoms with Crippen molar-refractivity contribution in [3.63, 3.8) is 0 Å². The molecule has 1 aromatic rings. The van der Waals surface area contributed by atoms with Crippen LogP contribution < -0.4 is 4.74 Å². The maximum atomic E-state index is 11.8. The predicted octanol–water partition coefficient (Wildman–Crippen LogP) is 2.37. The van der Waals surface area contributed by atoms with Crippen LogP contribution in [0.5, 0.6) is 5.75 Å². The van der Waals surface area contributed by atoms with Gasteiger partial charge in [-0.1, -0.05) is 34.3 Å². The Morgan fingerprint density at radius 3 is 2.38 bits per heavy atom. The second kappa shape index (κ2) is 5.15. The lowest BCUT2D eigenvalue weighted by Crippen LogP contribution is -2.29. The zero-order valence-electron chi connectivity index (χ0n) is 12.0. The molecule has 0 radical (unpaired) electrons. The average Bonchev–Trinajstić information content (AvgIpc) is 2.48. The van der Waals surface area contributed by atoms with Crippen LogP contribution in [0, 0.1) is 0 Å². The standard InChI is InChI=1S/C15H18O5.CH4/c1-14(2,3)9-5-8(7-11(16)17)6-10-12(9)20-13(18)15(10,4)19;/h5-6,19H,7H2,1-4H3,(H,16,17);1H4. The molecule has 5 heteroatoms.